The van der Waals surface area contributed by atoms with Gasteiger partial charge in [-0.15, -0.1) is 5.10 Å². The Morgan fingerprint density at radius 2 is 2.20 bits per heavy atom. The monoisotopic (exact) mass is 344 g/mol. The molecule has 8 nitrogen and oxygen atoms in total. The number of hydrogen-bond donors (Lipinski definition) is 2. The molecule has 3 rings (SSSR count). The lowest BCUT2D eigenvalue weighted by Gasteiger charge is -2.16. The number of aromatic nitrogens is 4. The SMILES string of the molecule is COCCN(C)Cc1ccc2c(c1)nc(NC(C)C)c1n[nH]c(=O)n12. The van der Waals surface area contributed by atoms with Crippen molar-refractivity contribution in [1.82, 2.24) is 24.5 Å². The predicted octanol–water partition coefficient (Wildman–Crippen LogP) is 1.47. The fourth-order valence-corrected chi connectivity index (χ4v) is 2.80. The van der Waals surface area contributed by atoms with Crippen LogP contribution in [0, 0.1) is 0 Å². The van der Waals surface area contributed by atoms with E-state index in [4.69, 9.17) is 9.72 Å². The highest BCUT2D eigenvalue weighted by atomic mass is 16.5. The zero-order chi connectivity index (χ0) is 18.0. The third-order valence-electron chi connectivity index (χ3n) is 3.95. The molecule has 0 radical (unpaired) electrons. The molecule has 0 spiro atoms. The first-order valence-corrected chi connectivity index (χ1v) is 8.33. The summed E-state index contributed by atoms with van der Waals surface area (Å²) < 4.78 is 6.68. The third-order valence-corrected chi connectivity index (χ3v) is 3.95. The number of aromatic amines is 1. The second-order valence-electron chi connectivity index (χ2n) is 6.50. The van der Waals surface area contributed by atoms with Crippen LogP contribution in [0.5, 0.6) is 0 Å². The van der Waals surface area contributed by atoms with Crippen molar-refractivity contribution in [1.29, 1.82) is 0 Å². The number of likely N-dealkylation sites (N-methyl/N-ethyl adjacent to an activating group) is 1. The molecule has 0 unspecified atom stereocenters. The van der Waals surface area contributed by atoms with Gasteiger partial charge in [-0.1, -0.05) is 6.07 Å². The van der Waals surface area contributed by atoms with Crippen LogP contribution < -0.4 is 11.0 Å². The van der Waals surface area contributed by atoms with Crippen molar-refractivity contribution in [3.8, 4) is 0 Å². The molecule has 2 heterocycles. The second-order valence-corrected chi connectivity index (χ2v) is 6.50. The zero-order valence-corrected chi connectivity index (χ0v) is 15.0. The summed E-state index contributed by atoms with van der Waals surface area (Å²) in [5.41, 5.74) is 2.88. The van der Waals surface area contributed by atoms with Crippen LogP contribution in [0.15, 0.2) is 23.0 Å². The molecule has 0 bridgehead atoms. The van der Waals surface area contributed by atoms with E-state index in [2.05, 4.69) is 20.4 Å². The minimum Gasteiger partial charge on any atom is -0.383 e. The van der Waals surface area contributed by atoms with Crippen LogP contribution >= 0.6 is 0 Å². The first-order chi connectivity index (χ1) is 12.0. The van der Waals surface area contributed by atoms with Crippen molar-refractivity contribution >= 4 is 22.5 Å². The molecule has 1 aromatic carbocycles. The Morgan fingerprint density at radius 1 is 1.40 bits per heavy atom. The number of anilines is 1. The molecule has 0 aliphatic carbocycles. The summed E-state index contributed by atoms with van der Waals surface area (Å²) in [4.78, 5) is 19.1. The van der Waals surface area contributed by atoms with Gasteiger partial charge in [0.1, 0.15) is 0 Å². The number of methoxy groups -OCH3 is 1. The summed E-state index contributed by atoms with van der Waals surface area (Å²) in [6.45, 7) is 6.37. The van der Waals surface area contributed by atoms with Gasteiger partial charge in [0.2, 0.25) is 5.65 Å². The van der Waals surface area contributed by atoms with Crippen LogP contribution in [0.4, 0.5) is 5.82 Å². The summed E-state index contributed by atoms with van der Waals surface area (Å²) in [7, 11) is 3.75. The highest BCUT2D eigenvalue weighted by molar-refractivity contribution is 5.83. The van der Waals surface area contributed by atoms with Crippen LogP contribution in [0.1, 0.15) is 19.4 Å². The van der Waals surface area contributed by atoms with Crippen LogP contribution in [-0.4, -0.2) is 57.8 Å². The number of H-pyrrole nitrogens is 1. The Balaban J connectivity index is 2.05. The molecule has 0 aliphatic rings. The quantitative estimate of drug-likeness (QED) is 0.675. The molecule has 0 fully saturated rings. The Morgan fingerprint density at radius 3 is 2.92 bits per heavy atom. The van der Waals surface area contributed by atoms with Crippen molar-refractivity contribution in [2.45, 2.75) is 26.4 Å². The summed E-state index contributed by atoms with van der Waals surface area (Å²) in [5.74, 6) is 0.603. The summed E-state index contributed by atoms with van der Waals surface area (Å²) >= 11 is 0. The molecular formula is C17H24N6O2. The first-order valence-electron chi connectivity index (χ1n) is 8.33. The number of fused-ring (bicyclic) bond motifs is 3. The Bertz CT molecular complexity index is 930. The van der Waals surface area contributed by atoms with Crippen LogP contribution in [0.2, 0.25) is 0 Å². The first kappa shape index (κ1) is 17.4. The van der Waals surface area contributed by atoms with Gasteiger partial charge in [-0.25, -0.2) is 19.3 Å². The lowest BCUT2D eigenvalue weighted by atomic mass is 10.2. The lowest BCUT2D eigenvalue weighted by Crippen LogP contribution is -2.22. The van der Waals surface area contributed by atoms with E-state index >= 15 is 0 Å². The topological polar surface area (TPSA) is 87.5 Å². The maximum absolute atomic E-state index is 12.2. The standard InChI is InChI=1S/C17H24N6O2/c1-11(2)18-15-16-20-21-17(24)23(16)14-6-5-12(9-13(14)19-15)10-22(3)7-8-25-4/h5-6,9,11H,7-8,10H2,1-4H3,(H,18,19)(H,21,24). The van der Waals surface area contributed by atoms with Crippen molar-refractivity contribution in [3.63, 3.8) is 0 Å². The van der Waals surface area contributed by atoms with Gasteiger partial charge < -0.3 is 10.1 Å². The molecule has 0 amide bonds. The van der Waals surface area contributed by atoms with Crippen LogP contribution in [0.25, 0.3) is 16.7 Å². The number of hydrogen-bond acceptors (Lipinski definition) is 6. The van der Waals surface area contributed by atoms with Gasteiger partial charge in [-0.3, -0.25) is 4.90 Å². The van der Waals surface area contributed by atoms with Crippen LogP contribution in [0.3, 0.4) is 0 Å². The van der Waals surface area contributed by atoms with Crippen molar-refractivity contribution in [3.05, 3.63) is 34.2 Å². The van der Waals surface area contributed by atoms with Gasteiger partial charge in [-0.2, -0.15) is 0 Å². The smallest absolute Gasteiger partial charge is 0.348 e. The van der Waals surface area contributed by atoms with E-state index < -0.39 is 0 Å². The molecule has 2 N–H and O–H groups in total. The summed E-state index contributed by atoms with van der Waals surface area (Å²) in [6.07, 6.45) is 0. The minimum absolute atomic E-state index is 0.184. The van der Waals surface area contributed by atoms with Crippen molar-refractivity contribution < 1.29 is 4.74 Å². The van der Waals surface area contributed by atoms with Gasteiger partial charge in [0.05, 0.1) is 17.6 Å². The summed E-state index contributed by atoms with van der Waals surface area (Å²) in [6, 6.07) is 6.14. The molecule has 0 aliphatic heterocycles. The molecule has 0 atom stereocenters. The Kier molecular flexibility index (Phi) is 5.00. The Labute approximate surface area is 145 Å². The fraction of sp³-hybridized carbons (Fsp3) is 0.471. The van der Waals surface area contributed by atoms with Crippen LogP contribution in [-0.2, 0) is 11.3 Å². The molecule has 0 saturated heterocycles. The van der Waals surface area contributed by atoms with Gasteiger partial charge in [0, 0.05) is 26.2 Å². The molecular weight excluding hydrogens is 320 g/mol. The Hall–Kier alpha value is -2.45. The maximum atomic E-state index is 12.2. The molecule has 134 valence electrons. The second kappa shape index (κ2) is 7.20. The molecule has 25 heavy (non-hydrogen) atoms. The average molecular weight is 344 g/mol. The number of benzene rings is 1. The normalized spacial score (nSPS) is 11.9. The van der Waals surface area contributed by atoms with Crippen molar-refractivity contribution in [2.24, 2.45) is 0 Å². The molecule has 2 aromatic heterocycles. The van der Waals surface area contributed by atoms with E-state index in [1.54, 1.807) is 11.5 Å². The van der Waals surface area contributed by atoms with E-state index in [1.807, 2.05) is 39.1 Å². The maximum Gasteiger partial charge on any atom is 0.348 e. The minimum atomic E-state index is -0.265. The summed E-state index contributed by atoms with van der Waals surface area (Å²) in [5, 5.41) is 9.87. The zero-order valence-electron chi connectivity index (χ0n) is 15.0. The lowest BCUT2D eigenvalue weighted by molar-refractivity contribution is 0.158. The van der Waals surface area contributed by atoms with Crippen molar-refractivity contribution in [2.75, 3.05) is 32.6 Å². The fourth-order valence-electron chi connectivity index (χ4n) is 2.80. The molecule has 8 heteroatoms. The van der Waals surface area contributed by atoms with E-state index in [1.165, 1.54) is 0 Å². The largest absolute Gasteiger partial charge is 0.383 e. The molecule has 3 aromatic rings. The average Bonchev–Trinajstić information content (AvgIpc) is 2.95. The van der Waals surface area contributed by atoms with E-state index in [0.717, 1.165) is 29.7 Å². The third kappa shape index (κ3) is 3.64. The molecule has 0 saturated carbocycles. The van der Waals surface area contributed by atoms with Gasteiger partial charge in [-0.05, 0) is 38.6 Å². The van der Waals surface area contributed by atoms with E-state index in [-0.39, 0.29) is 11.7 Å². The number of rotatable bonds is 7. The van der Waals surface area contributed by atoms with Gasteiger partial charge in [0.15, 0.2) is 5.82 Å². The van der Waals surface area contributed by atoms with E-state index in [9.17, 15) is 4.79 Å². The number of nitrogens with one attached hydrogen (secondary N) is 2. The number of nitrogens with zero attached hydrogens (tertiary/aromatic N) is 4. The van der Waals surface area contributed by atoms with Gasteiger partial charge >= 0.3 is 5.69 Å². The number of ether oxygens (including phenoxy) is 1. The van der Waals surface area contributed by atoms with E-state index in [0.29, 0.717) is 18.1 Å². The highest BCUT2D eigenvalue weighted by Crippen LogP contribution is 2.21. The predicted molar refractivity (Wildman–Crippen MR) is 98.1 cm³/mol. The highest BCUT2D eigenvalue weighted by Gasteiger charge is 2.14. The van der Waals surface area contributed by atoms with Gasteiger partial charge in [0.25, 0.3) is 0 Å².